The van der Waals surface area contributed by atoms with Crippen molar-refractivity contribution < 1.29 is 9.53 Å². The molecule has 0 aliphatic carbocycles. The smallest absolute Gasteiger partial charge is 0.305 e. The average molecular weight is 369 g/mol. The Balaban J connectivity index is 3.23. The lowest BCUT2D eigenvalue weighted by molar-refractivity contribution is -0.143. The molecular weight excluding hydrogens is 320 g/mol. The minimum Gasteiger partial charge on any atom is -0.466 e. The third-order valence-corrected chi connectivity index (χ3v) is 5.55. The molecule has 0 rings (SSSR count). The standard InChI is InChI=1S/C24H48O2/c1-4-7-16-21-24(25)26-22-18-15-13-11-9-10-12-14-17-20-23(6-3)19-8-5-2/h23H,4-22H2,1-3H3. The van der Waals surface area contributed by atoms with Crippen LogP contribution in [0, 0.1) is 5.92 Å². The van der Waals surface area contributed by atoms with E-state index in [0.717, 1.165) is 31.6 Å². The molecule has 0 aliphatic heterocycles. The molecule has 0 spiro atoms. The summed E-state index contributed by atoms with van der Waals surface area (Å²) in [7, 11) is 0. The number of carbonyl (C=O) groups excluding carboxylic acids is 1. The fourth-order valence-corrected chi connectivity index (χ4v) is 3.60. The van der Waals surface area contributed by atoms with Crippen LogP contribution in [0.2, 0.25) is 0 Å². The molecule has 0 N–H and O–H groups in total. The number of rotatable bonds is 20. The molecule has 0 amide bonds. The summed E-state index contributed by atoms with van der Waals surface area (Å²) in [5.74, 6) is 0.981. The van der Waals surface area contributed by atoms with Crippen LogP contribution in [-0.2, 0) is 9.53 Å². The second kappa shape index (κ2) is 20.8. The van der Waals surface area contributed by atoms with Crippen LogP contribution in [0.5, 0.6) is 0 Å². The molecule has 1 atom stereocenters. The van der Waals surface area contributed by atoms with Gasteiger partial charge in [0.2, 0.25) is 0 Å². The minimum atomic E-state index is -0.00143. The van der Waals surface area contributed by atoms with Crippen molar-refractivity contribution in [3.8, 4) is 0 Å². The van der Waals surface area contributed by atoms with Crippen LogP contribution in [-0.4, -0.2) is 12.6 Å². The van der Waals surface area contributed by atoms with Gasteiger partial charge < -0.3 is 4.74 Å². The van der Waals surface area contributed by atoms with E-state index in [1.807, 2.05) is 0 Å². The monoisotopic (exact) mass is 368 g/mol. The Labute approximate surface area is 164 Å². The van der Waals surface area contributed by atoms with E-state index < -0.39 is 0 Å². The zero-order valence-electron chi connectivity index (χ0n) is 18.3. The highest BCUT2D eigenvalue weighted by Crippen LogP contribution is 2.20. The van der Waals surface area contributed by atoms with E-state index in [1.165, 1.54) is 83.5 Å². The van der Waals surface area contributed by atoms with Gasteiger partial charge in [0.05, 0.1) is 6.61 Å². The summed E-state index contributed by atoms with van der Waals surface area (Å²) in [5, 5.41) is 0. The van der Waals surface area contributed by atoms with Crippen molar-refractivity contribution in [2.45, 2.75) is 136 Å². The molecule has 0 radical (unpaired) electrons. The lowest BCUT2D eigenvalue weighted by atomic mass is 9.93. The van der Waals surface area contributed by atoms with Gasteiger partial charge in [0, 0.05) is 6.42 Å². The SMILES string of the molecule is CCCCCC(=O)OCCCCCCCCCCCC(CC)CCCC. The first-order valence-corrected chi connectivity index (χ1v) is 11.9. The maximum absolute atomic E-state index is 11.5. The summed E-state index contributed by atoms with van der Waals surface area (Å²) in [4.78, 5) is 11.5. The molecule has 0 saturated heterocycles. The summed E-state index contributed by atoms with van der Waals surface area (Å²) in [5.41, 5.74) is 0. The van der Waals surface area contributed by atoms with Crippen LogP contribution in [0.25, 0.3) is 0 Å². The highest BCUT2D eigenvalue weighted by molar-refractivity contribution is 5.69. The van der Waals surface area contributed by atoms with Gasteiger partial charge in [-0.25, -0.2) is 0 Å². The molecule has 0 heterocycles. The van der Waals surface area contributed by atoms with Gasteiger partial charge >= 0.3 is 5.97 Å². The molecule has 0 saturated carbocycles. The molecule has 26 heavy (non-hydrogen) atoms. The second-order valence-electron chi connectivity index (χ2n) is 8.06. The third-order valence-electron chi connectivity index (χ3n) is 5.55. The van der Waals surface area contributed by atoms with E-state index in [2.05, 4.69) is 20.8 Å². The van der Waals surface area contributed by atoms with Crippen molar-refractivity contribution >= 4 is 5.97 Å². The third kappa shape index (κ3) is 18.3. The maximum Gasteiger partial charge on any atom is 0.305 e. The molecule has 0 bridgehead atoms. The van der Waals surface area contributed by atoms with Crippen LogP contribution in [0.1, 0.15) is 136 Å². The van der Waals surface area contributed by atoms with Crippen molar-refractivity contribution in [1.82, 2.24) is 0 Å². The topological polar surface area (TPSA) is 26.3 Å². The fourth-order valence-electron chi connectivity index (χ4n) is 3.60. The van der Waals surface area contributed by atoms with Gasteiger partial charge in [0.15, 0.2) is 0 Å². The summed E-state index contributed by atoms with van der Waals surface area (Å²) in [6.45, 7) is 7.44. The van der Waals surface area contributed by atoms with Gasteiger partial charge in [0.1, 0.15) is 0 Å². The van der Waals surface area contributed by atoms with Crippen LogP contribution < -0.4 is 0 Å². The fraction of sp³-hybridized carbons (Fsp3) is 0.958. The molecular formula is C24H48O2. The Bertz CT molecular complexity index is 288. The molecule has 0 fully saturated rings. The van der Waals surface area contributed by atoms with Crippen molar-refractivity contribution in [3.05, 3.63) is 0 Å². The predicted molar refractivity (Wildman–Crippen MR) is 115 cm³/mol. The molecule has 1 unspecified atom stereocenters. The summed E-state index contributed by atoms with van der Waals surface area (Å²) in [6.07, 6.45) is 22.8. The first-order valence-electron chi connectivity index (χ1n) is 11.9. The summed E-state index contributed by atoms with van der Waals surface area (Å²) < 4.78 is 5.27. The van der Waals surface area contributed by atoms with E-state index in [4.69, 9.17) is 4.74 Å². The number of unbranched alkanes of at least 4 members (excludes halogenated alkanes) is 11. The van der Waals surface area contributed by atoms with Gasteiger partial charge in [-0.1, -0.05) is 117 Å². The zero-order valence-corrected chi connectivity index (χ0v) is 18.3. The number of hydrogen-bond acceptors (Lipinski definition) is 2. The number of esters is 1. The highest BCUT2D eigenvalue weighted by atomic mass is 16.5. The minimum absolute atomic E-state index is 0.00143. The van der Waals surface area contributed by atoms with E-state index in [9.17, 15) is 4.79 Å². The first-order chi connectivity index (χ1) is 12.7. The van der Waals surface area contributed by atoms with Gasteiger partial charge in [0.25, 0.3) is 0 Å². The highest BCUT2D eigenvalue weighted by Gasteiger charge is 2.05. The van der Waals surface area contributed by atoms with E-state index in [0.29, 0.717) is 13.0 Å². The molecule has 0 aromatic heterocycles. The lowest BCUT2D eigenvalue weighted by Crippen LogP contribution is -2.05. The predicted octanol–water partition coefficient (Wildman–Crippen LogP) is 8.23. The largest absolute Gasteiger partial charge is 0.466 e. The van der Waals surface area contributed by atoms with Crippen molar-refractivity contribution in [3.63, 3.8) is 0 Å². The lowest BCUT2D eigenvalue weighted by Gasteiger charge is -2.13. The maximum atomic E-state index is 11.5. The molecule has 0 aromatic carbocycles. The molecule has 156 valence electrons. The van der Waals surface area contributed by atoms with Gasteiger partial charge in [-0.15, -0.1) is 0 Å². The molecule has 0 aromatic rings. The number of hydrogen-bond donors (Lipinski definition) is 0. The Hall–Kier alpha value is -0.530. The average Bonchev–Trinajstić information content (AvgIpc) is 2.65. The Kier molecular flexibility index (Phi) is 20.4. The Morgan fingerprint density at radius 2 is 1.19 bits per heavy atom. The van der Waals surface area contributed by atoms with Gasteiger partial charge in [-0.2, -0.15) is 0 Å². The van der Waals surface area contributed by atoms with Gasteiger partial charge in [-0.3, -0.25) is 4.79 Å². The van der Waals surface area contributed by atoms with Crippen molar-refractivity contribution in [1.29, 1.82) is 0 Å². The van der Waals surface area contributed by atoms with Crippen LogP contribution in [0.15, 0.2) is 0 Å². The summed E-state index contributed by atoms with van der Waals surface area (Å²) >= 11 is 0. The number of carbonyl (C=O) groups is 1. The Morgan fingerprint density at radius 1 is 0.654 bits per heavy atom. The zero-order chi connectivity index (χ0) is 19.3. The molecule has 0 aliphatic rings. The second-order valence-corrected chi connectivity index (χ2v) is 8.06. The van der Waals surface area contributed by atoms with Crippen molar-refractivity contribution in [2.75, 3.05) is 6.61 Å². The summed E-state index contributed by atoms with van der Waals surface area (Å²) in [6, 6.07) is 0. The number of ether oxygens (including phenoxy) is 1. The normalized spacial score (nSPS) is 12.3. The van der Waals surface area contributed by atoms with Crippen LogP contribution in [0.4, 0.5) is 0 Å². The van der Waals surface area contributed by atoms with Crippen LogP contribution >= 0.6 is 0 Å². The molecule has 2 heteroatoms. The Morgan fingerprint density at radius 3 is 1.77 bits per heavy atom. The molecule has 2 nitrogen and oxygen atoms in total. The van der Waals surface area contributed by atoms with E-state index >= 15 is 0 Å². The van der Waals surface area contributed by atoms with Gasteiger partial charge in [-0.05, 0) is 18.8 Å². The first kappa shape index (κ1) is 25.5. The van der Waals surface area contributed by atoms with Crippen LogP contribution in [0.3, 0.4) is 0 Å². The van der Waals surface area contributed by atoms with E-state index in [-0.39, 0.29) is 5.97 Å². The van der Waals surface area contributed by atoms with Crippen molar-refractivity contribution in [2.24, 2.45) is 5.92 Å². The quantitative estimate of drug-likeness (QED) is 0.160. The van der Waals surface area contributed by atoms with E-state index in [1.54, 1.807) is 0 Å².